The Kier molecular flexibility index (Phi) is 4.18. The van der Waals surface area contributed by atoms with E-state index in [9.17, 15) is 0 Å². The van der Waals surface area contributed by atoms with Crippen LogP contribution in [0.5, 0.6) is 0 Å². The van der Waals surface area contributed by atoms with Crippen LogP contribution in [0.3, 0.4) is 0 Å². The van der Waals surface area contributed by atoms with Crippen molar-refractivity contribution >= 4 is 11.3 Å². The molecule has 4 atom stereocenters. The average Bonchev–Trinajstić information content (AvgIpc) is 3.15. The van der Waals surface area contributed by atoms with Crippen molar-refractivity contribution in [1.29, 1.82) is 0 Å². The predicted molar refractivity (Wildman–Crippen MR) is 79.4 cm³/mol. The maximum absolute atomic E-state index is 4.52. The lowest BCUT2D eigenvalue weighted by atomic mass is 9.89. The largest absolute Gasteiger partial charge is 0.308 e. The predicted octanol–water partition coefficient (Wildman–Crippen LogP) is 3.89. The molecule has 3 rings (SSSR count). The maximum Gasteiger partial charge on any atom is 0.134 e. The van der Waals surface area contributed by atoms with Gasteiger partial charge < -0.3 is 5.32 Å². The highest BCUT2D eigenvalue weighted by molar-refractivity contribution is 7.11. The fourth-order valence-electron chi connectivity index (χ4n) is 3.81. The number of hydrogen-bond donors (Lipinski definition) is 1. The molecule has 0 spiro atoms. The van der Waals surface area contributed by atoms with Gasteiger partial charge in [0.1, 0.15) is 10.0 Å². The van der Waals surface area contributed by atoms with Crippen LogP contribution in [-0.2, 0) is 0 Å². The van der Waals surface area contributed by atoms with E-state index < -0.39 is 0 Å². The molecule has 2 saturated carbocycles. The molecule has 0 radical (unpaired) electrons. The molecule has 4 unspecified atom stereocenters. The lowest BCUT2D eigenvalue weighted by Gasteiger charge is -2.18. The topological polar surface area (TPSA) is 37.8 Å². The van der Waals surface area contributed by atoms with E-state index in [0.29, 0.717) is 6.04 Å². The zero-order valence-electron chi connectivity index (χ0n) is 12.1. The smallest absolute Gasteiger partial charge is 0.134 e. The van der Waals surface area contributed by atoms with Crippen LogP contribution in [0.4, 0.5) is 0 Å². The van der Waals surface area contributed by atoms with E-state index in [1.165, 1.54) is 42.1 Å². The van der Waals surface area contributed by atoms with Crippen LogP contribution in [0.2, 0.25) is 0 Å². The molecule has 2 bridgehead atoms. The highest BCUT2D eigenvalue weighted by atomic mass is 32.1. The Morgan fingerprint density at radius 1 is 1.26 bits per heavy atom. The minimum absolute atomic E-state index is 0.407. The summed E-state index contributed by atoms with van der Waals surface area (Å²) in [6.07, 6.45) is 7.99. The molecule has 1 aromatic rings. The van der Waals surface area contributed by atoms with E-state index in [2.05, 4.69) is 29.4 Å². The standard InChI is InChI=1S/C15H25N3S/c1-3-7-16-13(4-2)15-18-17-14(19-15)12-9-10-5-6-11(12)8-10/h10-13,16H,3-9H2,1-2H3. The third-order valence-electron chi connectivity index (χ3n) is 4.86. The molecule has 1 heterocycles. The highest BCUT2D eigenvalue weighted by Crippen LogP contribution is 2.53. The second kappa shape index (κ2) is 5.88. The number of nitrogens with zero attached hydrogens (tertiary/aromatic N) is 2. The number of nitrogens with one attached hydrogen (secondary N) is 1. The Morgan fingerprint density at radius 3 is 2.79 bits per heavy atom. The Morgan fingerprint density at radius 2 is 2.16 bits per heavy atom. The van der Waals surface area contributed by atoms with Gasteiger partial charge in [0, 0.05) is 5.92 Å². The summed E-state index contributed by atoms with van der Waals surface area (Å²) in [7, 11) is 0. The van der Waals surface area contributed by atoms with Crippen molar-refractivity contribution in [3.63, 3.8) is 0 Å². The number of rotatable bonds is 6. The van der Waals surface area contributed by atoms with E-state index >= 15 is 0 Å². The summed E-state index contributed by atoms with van der Waals surface area (Å²) in [5.41, 5.74) is 0. The van der Waals surface area contributed by atoms with Gasteiger partial charge in [-0.05, 0) is 50.5 Å². The Balaban J connectivity index is 1.68. The second-order valence-electron chi connectivity index (χ2n) is 6.17. The Labute approximate surface area is 120 Å². The van der Waals surface area contributed by atoms with Gasteiger partial charge in [-0.15, -0.1) is 10.2 Å². The van der Waals surface area contributed by atoms with Crippen LogP contribution >= 0.6 is 11.3 Å². The number of fused-ring (bicyclic) bond motifs is 2. The summed E-state index contributed by atoms with van der Waals surface area (Å²) in [6.45, 7) is 5.51. The average molecular weight is 279 g/mol. The van der Waals surface area contributed by atoms with Crippen molar-refractivity contribution in [3.05, 3.63) is 10.0 Å². The first-order chi connectivity index (χ1) is 9.31. The third kappa shape index (κ3) is 2.70. The Bertz CT molecular complexity index is 417. The van der Waals surface area contributed by atoms with Crippen LogP contribution in [0.15, 0.2) is 0 Å². The molecule has 4 heteroatoms. The summed E-state index contributed by atoms with van der Waals surface area (Å²) in [5, 5.41) is 15.1. The second-order valence-corrected chi connectivity index (χ2v) is 7.22. The summed E-state index contributed by atoms with van der Waals surface area (Å²) >= 11 is 1.87. The van der Waals surface area contributed by atoms with Crippen LogP contribution in [0, 0.1) is 11.8 Å². The molecule has 19 heavy (non-hydrogen) atoms. The quantitative estimate of drug-likeness (QED) is 0.858. The summed E-state index contributed by atoms with van der Waals surface area (Å²) in [6, 6.07) is 0.407. The van der Waals surface area contributed by atoms with Gasteiger partial charge in [-0.1, -0.05) is 31.6 Å². The van der Waals surface area contributed by atoms with Gasteiger partial charge in [-0.2, -0.15) is 0 Å². The number of aromatic nitrogens is 2. The molecule has 2 aliphatic rings. The van der Waals surface area contributed by atoms with Gasteiger partial charge in [0.15, 0.2) is 0 Å². The molecular formula is C15H25N3S. The van der Waals surface area contributed by atoms with Gasteiger partial charge in [-0.3, -0.25) is 0 Å². The molecule has 0 aliphatic heterocycles. The van der Waals surface area contributed by atoms with Gasteiger partial charge in [0.25, 0.3) is 0 Å². The zero-order valence-corrected chi connectivity index (χ0v) is 12.9. The molecule has 1 aromatic heterocycles. The minimum atomic E-state index is 0.407. The van der Waals surface area contributed by atoms with Crippen LogP contribution in [0.25, 0.3) is 0 Å². The minimum Gasteiger partial charge on any atom is -0.308 e. The van der Waals surface area contributed by atoms with Crippen LogP contribution < -0.4 is 5.32 Å². The maximum atomic E-state index is 4.52. The monoisotopic (exact) mass is 279 g/mol. The SMILES string of the molecule is CCCNC(CC)c1nnc(C2CC3CCC2C3)s1. The normalized spacial score (nSPS) is 30.9. The zero-order chi connectivity index (χ0) is 13.2. The molecular weight excluding hydrogens is 254 g/mol. The van der Waals surface area contributed by atoms with Crippen molar-refractivity contribution < 1.29 is 0 Å². The third-order valence-corrected chi connectivity index (χ3v) is 6.03. The molecule has 2 aliphatic carbocycles. The van der Waals surface area contributed by atoms with Crippen molar-refractivity contribution in [3.8, 4) is 0 Å². The van der Waals surface area contributed by atoms with E-state index in [-0.39, 0.29) is 0 Å². The first kappa shape index (κ1) is 13.5. The fourth-order valence-corrected chi connectivity index (χ4v) is 5.02. The first-order valence-corrected chi connectivity index (χ1v) is 8.70. The van der Waals surface area contributed by atoms with Gasteiger partial charge in [-0.25, -0.2) is 0 Å². The van der Waals surface area contributed by atoms with Crippen molar-refractivity contribution in [2.75, 3.05) is 6.54 Å². The van der Waals surface area contributed by atoms with Crippen molar-refractivity contribution in [2.24, 2.45) is 11.8 Å². The van der Waals surface area contributed by atoms with E-state index in [4.69, 9.17) is 0 Å². The van der Waals surface area contributed by atoms with Crippen LogP contribution in [0.1, 0.15) is 74.3 Å². The summed E-state index contributed by atoms with van der Waals surface area (Å²) in [5.74, 6) is 2.63. The lowest BCUT2D eigenvalue weighted by Crippen LogP contribution is -2.21. The Hall–Kier alpha value is -0.480. The van der Waals surface area contributed by atoms with E-state index in [1.807, 2.05) is 11.3 Å². The molecule has 2 fully saturated rings. The van der Waals surface area contributed by atoms with E-state index in [0.717, 1.165) is 30.7 Å². The molecule has 1 N–H and O–H groups in total. The summed E-state index contributed by atoms with van der Waals surface area (Å²) in [4.78, 5) is 0. The van der Waals surface area contributed by atoms with Crippen molar-refractivity contribution in [2.45, 2.75) is 64.3 Å². The lowest BCUT2D eigenvalue weighted by molar-refractivity contribution is 0.417. The molecule has 0 aromatic carbocycles. The molecule has 106 valence electrons. The van der Waals surface area contributed by atoms with Gasteiger partial charge in [0.2, 0.25) is 0 Å². The molecule has 3 nitrogen and oxygen atoms in total. The fraction of sp³-hybridized carbons (Fsp3) is 0.867. The van der Waals surface area contributed by atoms with Crippen LogP contribution in [-0.4, -0.2) is 16.7 Å². The van der Waals surface area contributed by atoms with Gasteiger partial charge in [0.05, 0.1) is 6.04 Å². The first-order valence-electron chi connectivity index (χ1n) is 7.88. The molecule has 0 amide bonds. The van der Waals surface area contributed by atoms with Crippen molar-refractivity contribution in [1.82, 2.24) is 15.5 Å². The van der Waals surface area contributed by atoms with Gasteiger partial charge >= 0.3 is 0 Å². The summed E-state index contributed by atoms with van der Waals surface area (Å²) < 4.78 is 0. The number of hydrogen-bond acceptors (Lipinski definition) is 4. The molecule has 0 saturated heterocycles. The van der Waals surface area contributed by atoms with E-state index in [1.54, 1.807) is 0 Å². The highest BCUT2D eigenvalue weighted by Gasteiger charge is 2.41.